The Bertz CT molecular complexity index is 453. The molecule has 1 rings (SSSR count). The summed E-state index contributed by atoms with van der Waals surface area (Å²) in [6.07, 6.45) is 0. The Kier molecular flexibility index (Phi) is 5.09. The van der Waals surface area contributed by atoms with Gasteiger partial charge in [0.2, 0.25) is 0 Å². The first kappa shape index (κ1) is 15.7. The van der Waals surface area contributed by atoms with Crippen molar-refractivity contribution in [3.63, 3.8) is 0 Å². The first-order valence-electron chi connectivity index (χ1n) is 6.44. The molecule has 1 unspecified atom stereocenters. The lowest BCUT2D eigenvalue weighted by Crippen LogP contribution is -2.47. The Morgan fingerprint density at radius 2 is 1.95 bits per heavy atom. The first-order valence-corrected chi connectivity index (χ1v) is 6.44. The molecule has 0 radical (unpaired) electrons. The predicted octanol–water partition coefficient (Wildman–Crippen LogP) is 1.35. The van der Waals surface area contributed by atoms with Gasteiger partial charge in [-0.1, -0.05) is 6.07 Å². The van der Waals surface area contributed by atoms with Crippen LogP contribution in [0.3, 0.4) is 0 Å². The highest BCUT2D eigenvalue weighted by Crippen LogP contribution is 2.10. The molecule has 4 nitrogen and oxygen atoms in total. The summed E-state index contributed by atoms with van der Waals surface area (Å²) in [5, 5.41) is 12.9. The molecule has 4 heteroatoms. The molecule has 0 fully saturated rings. The standard InChI is InChI=1S/C15H24N2O2/c1-11-6-7-13(8-12(11)2)14(18)16-9-15(3,19)10-17(4)5/h6-8,19H,9-10H2,1-5H3,(H,16,18). The Hall–Kier alpha value is -1.39. The lowest BCUT2D eigenvalue weighted by Gasteiger charge is -2.27. The number of rotatable bonds is 5. The zero-order valence-corrected chi connectivity index (χ0v) is 12.4. The summed E-state index contributed by atoms with van der Waals surface area (Å²) in [7, 11) is 3.78. The van der Waals surface area contributed by atoms with Crippen LogP contribution in [-0.4, -0.2) is 48.7 Å². The molecule has 0 spiro atoms. The molecule has 106 valence electrons. The SMILES string of the molecule is Cc1ccc(C(=O)NCC(C)(O)CN(C)C)cc1C. The summed E-state index contributed by atoms with van der Waals surface area (Å²) in [6.45, 7) is 6.44. The number of aliphatic hydroxyl groups is 1. The fourth-order valence-corrected chi connectivity index (χ4v) is 1.99. The smallest absolute Gasteiger partial charge is 0.251 e. The quantitative estimate of drug-likeness (QED) is 0.844. The predicted molar refractivity (Wildman–Crippen MR) is 77.4 cm³/mol. The molecule has 1 aromatic rings. The minimum atomic E-state index is -0.932. The van der Waals surface area contributed by atoms with Crippen molar-refractivity contribution in [1.82, 2.24) is 10.2 Å². The molecule has 0 heterocycles. The highest BCUT2D eigenvalue weighted by atomic mass is 16.3. The average molecular weight is 264 g/mol. The number of carbonyl (C=O) groups is 1. The van der Waals surface area contributed by atoms with E-state index in [0.717, 1.165) is 11.1 Å². The van der Waals surface area contributed by atoms with E-state index in [0.29, 0.717) is 12.1 Å². The lowest BCUT2D eigenvalue weighted by molar-refractivity contribution is 0.0326. The van der Waals surface area contributed by atoms with Gasteiger partial charge in [0.15, 0.2) is 0 Å². The van der Waals surface area contributed by atoms with Crippen LogP contribution < -0.4 is 5.32 Å². The van der Waals surface area contributed by atoms with E-state index < -0.39 is 5.60 Å². The van der Waals surface area contributed by atoms with Crippen LogP contribution in [0.1, 0.15) is 28.4 Å². The van der Waals surface area contributed by atoms with Crippen molar-refractivity contribution in [3.05, 3.63) is 34.9 Å². The van der Waals surface area contributed by atoms with E-state index in [1.54, 1.807) is 13.0 Å². The van der Waals surface area contributed by atoms with E-state index in [1.165, 1.54) is 0 Å². The first-order chi connectivity index (χ1) is 8.71. The third kappa shape index (κ3) is 5.01. The molecule has 2 N–H and O–H groups in total. The molecule has 0 aliphatic carbocycles. The van der Waals surface area contributed by atoms with Gasteiger partial charge < -0.3 is 15.3 Å². The number of likely N-dealkylation sites (N-methyl/N-ethyl adjacent to an activating group) is 1. The minimum Gasteiger partial charge on any atom is -0.387 e. The summed E-state index contributed by atoms with van der Waals surface area (Å²) in [5.74, 6) is -0.151. The fourth-order valence-electron chi connectivity index (χ4n) is 1.99. The van der Waals surface area contributed by atoms with Gasteiger partial charge >= 0.3 is 0 Å². The number of aryl methyl sites for hydroxylation is 2. The van der Waals surface area contributed by atoms with Gasteiger partial charge in [-0.2, -0.15) is 0 Å². The third-order valence-electron chi connectivity index (χ3n) is 3.06. The molecule has 0 saturated heterocycles. The number of hydrogen-bond acceptors (Lipinski definition) is 3. The molecule has 19 heavy (non-hydrogen) atoms. The van der Waals surface area contributed by atoms with E-state index in [2.05, 4.69) is 5.32 Å². The van der Waals surface area contributed by atoms with Crippen LogP contribution in [0.2, 0.25) is 0 Å². The van der Waals surface area contributed by atoms with Gasteiger partial charge in [-0.25, -0.2) is 0 Å². The van der Waals surface area contributed by atoms with Gasteiger partial charge in [0.25, 0.3) is 5.91 Å². The molecule has 0 saturated carbocycles. The second-order valence-corrected chi connectivity index (χ2v) is 5.72. The maximum absolute atomic E-state index is 12.0. The van der Waals surface area contributed by atoms with E-state index >= 15 is 0 Å². The van der Waals surface area contributed by atoms with Crippen molar-refractivity contribution in [2.45, 2.75) is 26.4 Å². The number of hydrogen-bond donors (Lipinski definition) is 2. The number of nitrogens with one attached hydrogen (secondary N) is 1. The van der Waals surface area contributed by atoms with Crippen molar-refractivity contribution >= 4 is 5.91 Å². The summed E-state index contributed by atoms with van der Waals surface area (Å²) in [4.78, 5) is 13.9. The average Bonchev–Trinajstić information content (AvgIpc) is 2.28. The third-order valence-corrected chi connectivity index (χ3v) is 3.06. The van der Waals surface area contributed by atoms with Gasteiger partial charge in [0.05, 0.1) is 5.60 Å². The molecular weight excluding hydrogens is 240 g/mol. The van der Waals surface area contributed by atoms with Gasteiger partial charge in [-0.3, -0.25) is 4.79 Å². The summed E-state index contributed by atoms with van der Waals surface area (Å²) in [5.41, 5.74) is 1.95. The van der Waals surface area contributed by atoms with Gasteiger partial charge in [-0.15, -0.1) is 0 Å². The van der Waals surface area contributed by atoms with Crippen LogP contribution >= 0.6 is 0 Å². The highest BCUT2D eigenvalue weighted by Gasteiger charge is 2.22. The minimum absolute atomic E-state index is 0.151. The molecule has 0 bridgehead atoms. The molecule has 0 aromatic heterocycles. The largest absolute Gasteiger partial charge is 0.387 e. The van der Waals surface area contributed by atoms with Gasteiger partial charge in [0, 0.05) is 18.7 Å². The van der Waals surface area contributed by atoms with Crippen molar-refractivity contribution < 1.29 is 9.90 Å². The van der Waals surface area contributed by atoms with Crippen molar-refractivity contribution in [2.75, 3.05) is 27.2 Å². The van der Waals surface area contributed by atoms with Crippen LogP contribution in [0.15, 0.2) is 18.2 Å². The monoisotopic (exact) mass is 264 g/mol. The Balaban J connectivity index is 2.62. The van der Waals surface area contributed by atoms with Crippen LogP contribution in [-0.2, 0) is 0 Å². The summed E-state index contributed by atoms with van der Waals surface area (Å²) in [6, 6.07) is 5.60. The number of nitrogens with zero attached hydrogens (tertiary/aromatic N) is 1. The summed E-state index contributed by atoms with van der Waals surface area (Å²) >= 11 is 0. The lowest BCUT2D eigenvalue weighted by atomic mass is 10.0. The zero-order chi connectivity index (χ0) is 14.6. The van der Waals surface area contributed by atoms with Crippen molar-refractivity contribution in [1.29, 1.82) is 0 Å². The van der Waals surface area contributed by atoms with Crippen LogP contribution in [0.5, 0.6) is 0 Å². The summed E-state index contributed by atoms with van der Waals surface area (Å²) < 4.78 is 0. The molecule has 1 aromatic carbocycles. The van der Waals surface area contributed by atoms with Gasteiger partial charge in [-0.05, 0) is 58.1 Å². The molecular formula is C15H24N2O2. The van der Waals surface area contributed by atoms with E-state index in [-0.39, 0.29) is 12.5 Å². The topological polar surface area (TPSA) is 52.6 Å². The Morgan fingerprint density at radius 1 is 1.32 bits per heavy atom. The number of carbonyl (C=O) groups excluding carboxylic acids is 1. The van der Waals surface area contributed by atoms with Crippen molar-refractivity contribution in [3.8, 4) is 0 Å². The van der Waals surface area contributed by atoms with Crippen molar-refractivity contribution in [2.24, 2.45) is 0 Å². The van der Waals surface area contributed by atoms with Crippen LogP contribution in [0, 0.1) is 13.8 Å². The molecule has 1 amide bonds. The second kappa shape index (κ2) is 6.17. The maximum Gasteiger partial charge on any atom is 0.251 e. The number of amides is 1. The van der Waals surface area contributed by atoms with E-state index in [1.807, 2.05) is 45.0 Å². The van der Waals surface area contributed by atoms with Gasteiger partial charge in [0.1, 0.15) is 0 Å². The molecule has 0 aliphatic heterocycles. The van der Waals surface area contributed by atoms with Crippen LogP contribution in [0.25, 0.3) is 0 Å². The Labute approximate surface area is 115 Å². The zero-order valence-electron chi connectivity index (χ0n) is 12.4. The second-order valence-electron chi connectivity index (χ2n) is 5.72. The maximum atomic E-state index is 12.0. The fraction of sp³-hybridized carbons (Fsp3) is 0.533. The van der Waals surface area contributed by atoms with Crippen LogP contribution in [0.4, 0.5) is 0 Å². The Morgan fingerprint density at radius 3 is 2.47 bits per heavy atom. The molecule has 1 atom stereocenters. The number of benzene rings is 1. The van der Waals surface area contributed by atoms with E-state index in [9.17, 15) is 9.90 Å². The highest BCUT2D eigenvalue weighted by molar-refractivity contribution is 5.94. The molecule has 0 aliphatic rings. The normalized spacial score (nSPS) is 14.3. The van der Waals surface area contributed by atoms with E-state index in [4.69, 9.17) is 0 Å².